The minimum absolute atomic E-state index is 0.0431. The van der Waals surface area contributed by atoms with Crippen molar-refractivity contribution in [3.8, 4) is 5.75 Å². The summed E-state index contributed by atoms with van der Waals surface area (Å²) in [5, 5.41) is 9.59. The molecule has 2 rings (SSSR count). The maximum absolute atomic E-state index is 12.7. The maximum Gasteiger partial charge on any atom is 0.254 e. The van der Waals surface area contributed by atoms with Gasteiger partial charge >= 0.3 is 0 Å². The Kier molecular flexibility index (Phi) is 5.83. The quantitative estimate of drug-likeness (QED) is 0.878. The highest BCUT2D eigenvalue weighted by Gasteiger charge is 2.21. The molecule has 0 spiro atoms. The summed E-state index contributed by atoms with van der Waals surface area (Å²) >= 11 is 0. The largest absolute Gasteiger partial charge is 0.490 e. The zero-order valence-electron chi connectivity index (χ0n) is 13.8. The fourth-order valence-electron chi connectivity index (χ4n) is 2.88. The number of aliphatic hydroxyl groups is 1. The van der Waals surface area contributed by atoms with E-state index in [1.54, 1.807) is 17.9 Å². The van der Waals surface area contributed by atoms with Gasteiger partial charge < -0.3 is 14.7 Å². The molecule has 1 amide bonds. The lowest BCUT2D eigenvalue weighted by Gasteiger charge is -2.28. The van der Waals surface area contributed by atoms with E-state index in [0.717, 1.165) is 18.6 Å². The second-order valence-electron chi connectivity index (χ2n) is 6.45. The average Bonchev–Trinajstić information content (AvgIpc) is 2.97. The van der Waals surface area contributed by atoms with E-state index in [1.165, 1.54) is 12.8 Å². The van der Waals surface area contributed by atoms with Crippen molar-refractivity contribution >= 4 is 5.91 Å². The van der Waals surface area contributed by atoms with Crippen LogP contribution in [0.1, 0.15) is 56.8 Å². The molecule has 1 unspecified atom stereocenters. The van der Waals surface area contributed by atoms with Crippen LogP contribution in [0.2, 0.25) is 0 Å². The molecule has 1 N–H and O–H groups in total. The summed E-state index contributed by atoms with van der Waals surface area (Å²) in [6.45, 7) is 5.95. The molecule has 0 aromatic heterocycles. The second-order valence-corrected chi connectivity index (χ2v) is 6.45. The van der Waals surface area contributed by atoms with Crippen molar-refractivity contribution in [1.29, 1.82) is 0 Å². The third-order valence-electron chi connectivity index (χ3n) is 4.03. The molecule has 0 heterocycles. The minimum Gasteiger partial charge on any atom is -0.490 e. The van der Waals surface area contributed by atoms with E-state index in [1.807, 2.05) is 32.0 Å². The first-order valence-corrected chi connectivity index (χ1v) is 8.23. The van der Waals surface area contributed by atoms with Gasteiger partial charge in [-0.2, -0.15) is 0 Å². The van der Waals surface area contributed by atoms with Crippen molar-refractivity contribution in [2.75, 3.05) is 6.54 Å². The number of ether oxygens (including phenoxy) is 1. The van der Waals surface area contributed by atoms with Crippen molar-refractivity contribution in [3.05, 3.63) is 29.8 Å². The normalized spacial score (nSPS) is 16.8. The van der Waals surface area contributed by atoms with E-state index >= 15 is 0 Å². The second kappa shape index (κ2) is 7.63. The van der Waals surface area contributed by atoms with Gasteiger partial charge in [0.2, 0.25) is 0 Å². The number of benzene rings is 1. The van der Waals surface area contributed by atoms with Crippen molar-refractivity contribution < 1.29 is 14.6 Å². The van der Waals surface area contributed by atoms with Crippen LogP contribution in [0.25, 0.3) is 0 Å². The van der Waals surface area contributed by atoms with Gasteiger partial charge in [0.1, 0.15) is 5.75 Å². The highest BCUT2D eigenvalue weighted by molar-refractivity contribution is 5.94. The third kappa shape index (κ3) is 4.47. The van der Waals surface area contributed by atoms with Crippen LogP contribution in [0.4, 0.5) is 0 Å². The molecule has 0 bridgehead atoms. The number of carbonyl (C=O) groups excluding carboxylic acids is 1. The topological polar surface area (TPSA) is 49.8 Å². The van der Waals surface area contributed by atoms with Gasteiger partial charge in [-0.25, -0.2) is 0 Å². The van der Waals surface area contributed by atoms with Gasteiger partial charge in [0.25, 0.3) is 5.91 Å². The molecular formula is C18H27NO3. The van der Waals surface area contributed by atoms with Crippen molar-refractivity contribution in [2.24, 2.45) is 0 Å². The van der Waals surface area contributed by atoms with Gasteiger partial charge in [-0.1, -0.05) is 6.07 Å². The van der Waals surface area contributed by atoms with Crippen molar-refractivity contribution in [2.45, 2.75) is 64.7 Å². The van der Waals surface area contributed by atoms with Crippen LogP contribution >= 0.6 is 0 Å². The van der Waals surface area contributed by atoms with E-state index in [4.69, 9.17) is 4.74 Å². The van der Waals surface area contributed by atoms with E-state index in [9.17, 15) is 9.90 Å². The summed E-state index contributed by atoms with van der Waals surface area (Å²) < 4.78 is 5.97. The standard InChI is InChI=1S/C18H27NO3/c1-13(2)19(12-14(3)20)18(21)15-7-6-10-17(11-15)22-16-8-4-5-9-16/h6-7,10-11,13-14,16,20H,4-5,8-9,12H2,1-3H3. The van der Waals surface area contributed by atoms with Gasteiger partial charge in [-0.05, 0) is 64.7 Å². The molecule has 0 saturated heterocycles. The third-order valence-corrected chi connectivity index (χ3v) is 4.03. The monoisotopic (exact) mass is 305 g/mol. The lowest BCUT2D eigenvalue weighted by molar-refractivity contribution is 0.0578. The zero-order valence-corrected chi connectivity index (χ0v) is 13.8. The molecule has 1 atom stereocenters. The molecule has 1 aromatic carbocycles. The molecule has 0 aliphatic heterocycles. The number of hydrogen-bond donors (Lipinski definition) is 1. The predicted molar refractivity (Wildman–Crippen MR) is 87.2 cm³/mol. The Morgan fingerprint density at radius 1 is 1.32 bits per heavy atom. The fraction of sp³-hybridized carbons (Fsp3) is 0.611. The molecule has 22 heavy (non-hydrogen) atoms. The van der Waals surface area contributed by atoms with Gasteiger partial charge in [-0.3, -0.25) is 4.79 Å². The lowest BCUT2D eigenvalue weighted by atomic mass is 10.1. The zero-order chi connectivity index (χ0) is 16.1. The van der Waals surface area contributed by atoms with Gasteiger partial charge in [0, 0.05) is 18.2 Å². The van der Waals surface area contributed by atoms with E-state index in [-0.39, 0.29) is 18.1 Å². The summed E-state index contributed by atoms with van der Waals surface area (Å²) in [5.41, 5.74) is 0.616. The highest BCUT2D eigenvalue weighted by Crippen LogP contribution is 2.25. The molecule has 1 aromatic rings. The molecule has 1 aliphatic carbocycles. The Labute approximate surface area is 133 Å². The smallest absolute Gasteiger partial charge is 0.254 e. The number of carbonyl (C=O) groups is 1. The summed E-state index contributed by atoms with van der Waals surface area (Å²) in [6, 6.07) is 7.43. The Bertz CT molecular complexity index is 493. The van der Waals surface area contributed by atoms with Crippen LogP contribution in [0.15, 0.2) is 24.3 Å². The maximum atomic E-state index is 12.7. The molecule has 122 valence electrons. The molecule has 1 fully saturated rings. The number of hydrogen-bond acceptors (Lipinski definition) is 3. The van der Waals surface area contributed by atoms with Crippen LogP contribution in [0, 0.1) is 0 Å². The Morgan fingerprint density at radius 2 is 2.00 bits per heavy atom. The first-order valence-electron chi connectivity index (χ1n) is 8.23. The van der Waals surface area contributed by atoms with E-state index in [2.05, 4.69) is 0 Å². The van der Waals surface area contributed by atoms with Gasteiger partial charge in [0.15, 0.2) is 0 Å². The van der Waals surface area contributed by atoms with Gasteiger partial charge in [0.05, 0.1) is 12.2 Å². The van der Waals surface area contributed by atoms with Crippen LogP contribution in [0.3, 0.4) is 0 Å². The van der Waals surface area contributed by atoms with Crippen LogP contribution < -0.4 is 4.74 Å². The predicted octanol–water partition coefficient (Wildman–Crippen LogP) is 3.24. The molecule has 4 heteroatoms. The fourth-order valence-corrected chi connectivity index (χ4v) is 2.88. The minimum atomic E-state index is -0.538. The van der Waals surface area contributed by atoms with Gasteiger partial charge in [-0.15, -0.1) is 0 Å². The number of amides is 1. The number of rotatable bonds is 6. The van der Waals surface area contributed by atoms with E-state index < -0.39 is 6.10 Å². The molecule has 0 radical (unpaired) electrons. The molecule has 1 aliphatic rings. The van der Waals surface area contributed by atoms with Crippen molar-refractivity contribution in [1.82, 2.24) is 4.90 Å². The first-order chi connectivity index (χ1) is 10.5. The summed E-state index contributed by atoms with van der Waals surface area (Å²) in [6.07, 6.45) is 4.38. The summed E-state index contributed by atoms with van der Waals surface area (Å²) in [4.78, 5) is 14.4. The Morgan fingerprint density at radius 3 is 2.59 bits per heavy atom. The van der Waals surface area contributed by atoms with Crippen LogP contribution in [-0.2, 0) is 0 Å². The molecule has 4 nitrogen and oxygen atoms in total. The van der Waals surface area contributed by atoms with Crippen LogP contribution in [-0.4, -0.2) is 40.7 Å². The summed E-state index contributed by atoms with van der Waals surface area (Å²) in [5.74, 6) is 0.700. The van der Waals surface area contributed by atoms with Crippen LogP contribution in [0.5, 0.6) is 5.75 Å². The average molecular weight is 305 g/mol. The Hall–Kier alpha value is -1.55. The SMILES string of the molecule is CC(O)CN(C(=O)c1cccc(OC2CCCC2)c1)C(C)C. The highest BCUT2D eigenvalue weighted by atomic mass is 16.5. The first kappa shape index (κ1) is 16.8. The number of aliphatic hydroxyl groups excluding tert-OH is 1. The van der Waals surface area contributed by atoms with E-state index in [0.29, 0.717) is 12.1 Å². The summed E-state index contributed by atoms with van der Waals surface area (Å²) in [7, 11) is 0. The Balaban J connectivity index is 2.10. The molecule has 1 saturated carbocycles. The lowest BCUT2D eigenvalue weighted by Crippen LogP contribution is -2.41. The number of nitrogens with zero attached hydrogens (tertiary/aromatic N) is 1. The van der Waals surface area contributed by atoms with Crippen molar-refractivity contribution in [3.63, 3.8) is 0 Å². The molecular weight excluding hydrogens is 278 g/mol.